The first-order valence-electron chi connectivity index (χ1n) is 6.95. The predicted molar refractivity (Wildman–Crippen MR) is 76.6 cm³/mol. The molecule has 1 aliphatic rings. The first-order valence-corrected chi connectivity index (χ1v) is 6.95. The minimum atomic E-state index is -0.926. The fraction of sp³-hybridized carbons (Fsp3) is 0.467. The first-order chi connectivity index (χ1) is 10.0. The average Bonchev–Trinajstić information content (AvgIpc) is 2.91. The summed E-state index contributed by atoms with van der Waals surface area (Å²) >= 11 is 0. The van der Waals surface area contributed by atoms with Gasteiger partial charge < -0.3 is 19.5 Å². The van der Waals surface area contributed by atoms with Gasteiger partial charge in [0, 0.05) is 24.7 Å². The Balaban J connectivity index is 2.25. The third-order valence-corrected chi connectivity index (χ3v) is 3.31. The lowest BCUT2D eigenvalue weighted by Crippen LogP contribution is -2.36. The molecule has 1 aliphatic heterocycles. The molecule has 0 saturated carbocycles. The minimum absolute atomic E-state index is 0.0931. The number of carbonyl (C=O) groups excluding carboxylic acids is 1. The van der Waals surface area contributed by atoms with Gasteiger partial charge in [0.2, 0.25) is 12.7 Å². The minimum Gasteiger partial charge on any atom is -0.481 e. The van der Waals surface area contributed by atoms with Gasteiger partial charge in [-0.2, -0.15) is 0 Å². The van der Waals surface area contributed by atoms with Crippen molar-refractivity contribution >= 4 is 17.6 Å². The van der Waals surface area contributed by atoms with Crippen LogP contribution in [0.5, 0.6) is 11.5 Å². The lowest BCUT2D eigenvalue weighted by Gasteiger charge is -2.24. The molecule has 1 aromatic rings. The van der Waals surface area contributed by atoms with Gasteiger partial charge >= 0.3 is 5.97 Å². The molecule has 1 heterocycles. The second-order valence-corrected chi connectivity index (χ2v) is 5.03. The standard InChI is InChI=1S/C15H19NO5/c1-3-4-14(17)16(8-10(2)15(18)19)11-5-6-12-13(7-11)21-9-20-12/h5-7,10H,3-4,8-9H2,1-2H3,(H,18,19). The molecular formula is C15H19NO5. The van der Waals surface area contributed by atoms with Gasteiger partial charge in [0.15, 0.2) is 11.5 Å². The molecule has 0 bridgehead atoms. The van der Waals surface area contributed by atoms with Crippen LogP contribution in [-0.2, 0) is 9.59 Å². The lowest BCUT2D eigenvalue weighted by atomic mass is 10.1. The van der Waals surface area contributed by atoms with Gasteiger partial charge in [0.1, 0.15) is 0 Å². The molecule has 1 amide bonds. The number of benzene rings is 1. The molecular weight excluding hydrogens is 274 g/mol. The monoisotopic (exact) mass is 293 g/mol. The highest BCUT2D eigenvalue weighted by Gasteiger charge is 2.23. The molecule has 0 saturated heterocycles. The first kappa shape index (κ1) is 15.2. The van der Waals surface area contributed by atoms with E-state index in [4.69, 9.17) is 14.6 Å². The van der Waals surface area contributed by atoms with Gasteiger partial charge in [-0.05, 0) is 18.6 Å². The Morgan fingerprint density at radius 1 is 1.33 bits per heavy atom. The normalized spacial score (nSPS) is 13.8. The second kappa shape index (κ2) is 6.47. The van der Waals surface area contributed by atoms with E-state index in [0.29, 0.717) is 30.0 Å². The van der Waals surface area contributed by atoms with Crippen LogP contribution in [-0.4, -0.2) is 30.3 Å². The number of rotatable bonds is 6. The molecule has 1 aromatic carbocycles. The maximum atomic E-state index is 12.3. The number of hydrogen-bond donors (Lipinski definition) is 1. The Kier molecular flexibility index (Phi) is 4.67. The number of anilines is 1. The molecule has 1 atom stereocenters. The van der Waals surface area contributed by atoms with Gasteiger partial charge in [-0.15, -0.1) is 0 Å². The Labute approximate surface area is 123 Å². The summed E-state index contributed by atoms with van der Waals surface area (Å²) in [5.41, 5.74) is 0.630. The van der Waals surface area contributed by atoms with Gasteiger partial charge in [-0.3, -0.25) is 9.59 Å². The van der Waals surface area contributed by atoms with Crippen molar-refractivity contribution in [1.82, 2.24) is 0 Å². The molecule has 1 unspecified atom stereocenters. The number of carboxylic acids is 1. The second-order valence-electron chi connectivity index (χ2n) is 5.03. The summed E-state index contributed by atoms with van der Waals surface area (Å²) in [6, 6.07) is 5.19. The summed E-state index contributed by atoms with van der Waals surface area (Å²) in [6.45, 7) is 3.79. The molecule has 0 radical (unpaired) electrons. The van der Waals surface area contributed by atoms with Crippen LogP contribution in [0.1, 0.15) is 26.7 Å². The molecule has 0 aliphatic carbocycles. The highest BCUT2D eigenvalue weighted by atomic mass is 16.7. The summed E-state index contributed by atoms with van der Waals surface area (Å²) in [7, 11) is 0. The molecule has 0 aromatic heterocycles. The zero-order chi connectivity index (χ0) is 15.4. The summed E-state index contributed by atoms with van der Waals surface area (Å²) in [5.74, 6) is -0.455. The van der Waals surface area contributed by atoms with Crippen molar-refractivity contribution in [3.63, 3.8) is 0 Å². The molecule has 6 heteroatoms. The number of carbonyl (C=O) groups is 2. The van der Waals surface area contributed by atoms with E-state index in [0.717, 1.165) is 0 Å². The lowest BCUT2D eigenvalue weighted by molar-refractivity contribution is -0.140. The molecule has 2 rings (SSSR count). The van der Waals surface area contributed by atoms with Crippen LogP contribution in [0.15, 0.2) is 18.2 Å². The number of ether oxygens (including phenoxy) is 2. The quantitative estimate of drug-likeness (QED) is 0.870. The van der Waals surface area contributed by atoms with E-state index in [1.54, 1.807) is 25.1 Å². The Morgan fingerprint density at radius 2 is 2.05 bits per heavy atom. The largest absolute Gasteiger partial charge is 0.481 e. The van der Waals surface area contributed by atoms with Crippen molar-refractivity contribution in [1.29, 1.82) is 0 Å². The summed E-state index contributed by atoms with van der Waals surface area (Å²) in [5, 5.41) is 9.06. The van der Waals surface area contributed by atoms with Gasteiger partial charge in [0.05, 0.1) is 5.92 Å². The molecule has 21 heavy (non-hydrogen) atoms. The van der Waals surface area contributed by atoms with Crippen molar-refractivity contribution in [2.45, 2.75) is 26.7 Å². The number of nitrogens with zero attached hydrogens (tertiary/aromatic N) is 1. The Hall–Kier alpha value is -2.24. The van der Waals surface area contributed by atoms with E-state index < -0.39 is 11.9 Å². The summed E-state index contributed by atoms with van der Waals surface area (Å²) < 4.78 is 10.5. The predicted octanol–water partition coefficient (Wildman–Crippen LogP) is 2.27. The van der Waals surface area contributed by atoms with Crippen molar-refractivity contribution in [3.05, 3.63) is 18.2 Å². The van der Waals surface area contributed by atoms with Crippen molar-refractivity contribution in [3.8, 4) is 11.5 Å². The summed E-state index contributed by atoms with van der Waals surface area (Å²) in [4.78, 5) is 24.8. The smallest absolute Gasteiger partial charge is 0.308 e. The van der Waals surface area contributed by atoms with Crippen LogP contribution in [0.25, 0.3) is 0 Å². The van der Waals surface area contributed by atoms with Gasteiger partial charge in [-0.25, -0.2) is 0 Å². The van der Waals surface area contributed by atoms with E-state index in [1.165, 1.54) is 4.90 Å². The SMILES string of the molecule is CCCC(=O)N(CC(C)C(=O)O)c1ccc2c(c1)OCO2. The fourth-order valence-electron chi connectivity index (χ4n) is 2.11. The number of hydrogen-bond acceptors (Lipinski definition) is 4. The Bertz CT molecular complexity index is 543. The van der Waals surface area contributed by atoms with E-state index in [9.17, 15) is 9.59 Å². The van der Waals surface area contributed by atoms with Crippen LogP contribution in [0.4, 0.5) is 5.69 Å². The third-order valence-electron chi connectivity index (χ3n) is 3.31. The van der Waals surface area contributed by atoms with Crippen LogP contribution in [0.3, 0.4) is 0 Å². The van der Waals surface area contributed by atoms with Crippen LogP contribution in [0.2, 0.25) is 0 Å². The number of fused-ring (bicyclic) bond motifs is 1. The van der Waals surface area contributed by atoms with Crippen molar-refractivity contribution < 1.29 is 24.2 Å². The van der Waals surface area contributed by atoms with Crippen LogP contribution in [0, 0.1) is 5.92 Å². The van der Waals surface area contributed by atoms with E-state index in [1.807, 2.05) is 6.92 Å². The third kappa shape index (κ3) is 3.45. The average molecular weight is 293 g/mol. The number of carboxylic acid groups (broad SMARTS) is 1. The molecule has 6 nitrogen and oxygen atoms in total. The highest BCUT2D eigenvalue weighted by molar-refractivity contribution is 5.94. The zero-order valence-electron chi connectivity index (χ0n) is 12.2. The molecule has 0 fully saturated rings. The maximum absolute atomic E-state index is 12.3. The fourth-order valence-corrected chi connectivity index (χ4v) is 2.11. The summed E-state index contributed by atoms with van der Waals surface area (Å²) in [6.07, 6.45) is 1.09. The number of amides is 1. The van der Waals surface area contributed by atoms with Crippen LogP contribution < -0.4 is 14.4 Å². The number of aliphatic carboxylic acids is 1. The van der Waals surface area contributed by atoms with Gasteiger partial charge in [0.25, 0.3) is 0 Å². The van der Waals surface area contributed by atoms with E-state index >= 15 is 0 Å². The highest BCUT2D eigenvalue weighted by Crippen LogP contribution is 2.35. The van der Waals surface area contributed by atoms with Crippen LogP contribution >= 0.6 is 0 Å². The van der Waals surface area contributed by atoms with Crippen molar-refractivity contribution in [2.24, 2.45) is 5.92 Å². The zero-order valence-corrected chi connectivity index (χ0v) is 12.2. The van der Waals surface area contributed by atoms with Gasteiger partial charge in [-0.1, -0.05) is 13.8 Å². The van der Waals surface area contributed by atoms with E-state index in [-0.39, 0.29) is 19.2 Å². The molecule has 0 spiro atoms. The topological polar surface area (TPSA) is 76.1 Å². The van der Waals surface area contributed by atoms with E-state index in [2.05, 4.69) is 0 Å². The molecule has 114 valence electrons. The van der Waals surface area contributed by atoms with Crippen molar-refractivity contribution in [2.75, 3.05) is 18.2 Å². The maximum Gasteiger partial charge on any atom is 0.308 e. The Morgan fingerprint density at radius 3 is 2.71 bits per heavy atom. The molecule has 1 N–H and O–H groups in total.